The van der Waals surface area contributed by atoms with Gasteiger partial charge in [0.25, 0.3) is 0 Å². The Kier molecular flexibility index (Phi) is 11.6. The molecular formula is C34H38N6O6. The van der Waals surface area contributed by atoms with E-state index in [1.807, 2.05) is 54.6 Å². The van der Waals surface area contributed by atoms with Gasteiger partial charge in [-0.1, -0.05) is 78.9 Å². The van der Waals surface area contributed by atoms with Crippen LogP contribution in [0.1, 0.15) is 23.6 Å². The molecule has 8 N–H and O–H groups in total. The van der Waals surface area contributed by atoms with E-state index in [1.54, 1.807) is 36.5 Å². The quantitative estimate of drug-likeness (QED) is 0.103. The van der Waals surface area contributed by atoms with Gasteiger partial charge in [-0.15, -0.1) is 0 Å². The van der Waals surface area contributed by atoms with E-state index < -0.39 is 60.3 Å². The number of amides is 4. The molecule has 240 valence electrons. The molecule has 46 heavy (non-hydrogen) atoms. The number of nitrogens with two attached hydrogens (primary N) is 1. The van der Waals surface area contributed by atoms with Crippen molar-refractivity contribution in [3.05, 3.63) is 108 Å². The Hall–Kier alpha value is -5.49. The Balaban J connectivity index is 1.43. The van der Waals surface area contributed by atoms with Gasteiger partial charge in [0, 0.05) is 29.9 Å². The number of carboxylic acid groups (broad SMARTS) is 1. The van der Waals surface area contributed by atoms with Crippen LogP contribution in [0.15, 0.2) is 91.1 Å². The maximum Gasteiger partial charge on any atom is 0.322 e. The number of aromatic amines is 1. The van der Waals surface area contributed by atoms with Crippen LogP contribution < -0.4 is 27.0 Å². The second kappa shape index (κ2) is 16.0. The zero-order chi connectivity index (χ0) is 33.1. The van der Waals surface area contributed by atoms with Crippen molar-refractivity contribution in [3.8, 4) is 0 Å². The third-order valence-electron chi connectivity index (χ3n) is 7.45. The van der Waals surface area contributed by atoms with Crippen LogP contribution in [-0.2, 0) is 43.2 Å². The summed E-state index contributed by atoms with van der Waals surface area (Å²) in [5.41, 5.74) is 9.59. The van der Waals surface area contributed by atoms with Gasteiger partial charge in [-0.3, -0.25) is 24.0 Å². The van der Waals surface area contributed by atoms with E-state index in [1.165, 1.54) is 6.92 Å². The summed E-state index contributed by atoms with van der Waals surface area (Å²) in [7, 11) is 0. The second-order valence-electron chi connectivity index (χ2n) is 11.0. The van der Waals surface area contributed by atoms with Crippen molar-refractivity contribution >= 4 is 40.5 Å². The summed E-state index contributed by atoms with van der Waals surface area (Å²) in [5, 5.41) is 20.2. The summed E-state index contributed by atoms with van der Waals surface area (Å²) in [4.78, 5) is 66.9. The number of carbonyl (C=O) groups is 5. The Morgan fingerprint density at radius 2 is 1.24 bits per heavy atom. The summed E-state index contributed by atoms with van der Waals surface area (Å²) in [6.07, 6.45) is 2.28. The van der Waals surface area contributed by atoms with Gasteiger partial charge in [0.15, 0.2) is 0 Å². The summed E-state index contributed by atoms with van der Waals surface area (Å²) >= 11 is 0. The van der Waals surface area contributed by atoms with E-state index in [2.05, 4.69) is 26.3 Å². The van der Waals surface area contributed by atoms with Crippen molar-refractivity contribution < 1.29 is 29.1 Å². The predicted octanol–water partition coefficient (Wildman–Crippen LogP) is 1.20. The van der Waals surface area contributed by atoms with Gasteiger partial charge in [0.1, 0.15) is 24.7 Å². The number of benzene rings is 3. The maximum atomic E-state index is 13.5. The average Bonchev–Trinajstić information content (AvgIpc) is 3.46. The molecule has 0 bridgehead atoms. The molecule has 4 aromatic rings. The fourth-order valence-electron chi connectivity index (χ4n) is 4.99. The Morgan fingerprint density at radius 3 is 1.85 bits per heavy atom. The minimum atomic E-state index is -1.23. The van der Waals surface area contributed by atoms with Crippen LogP contribution in [0.5, 0.6) is 0 Å². The highest BCUT2D eigenvalue weighted by Gasteiger charge is 2.29. The molecule has 0 aliphatic rings. The molecule has 3 aromatic carbocycles. The van der Waals surface area contributed by atoms with Crippen molar-refractivity contribution in [2.75, 3.05) is 6.54 Å². The first-order valence-electron chi connectivity index (χ1n) is 14.9. The molecule has 0 aliphatic carbocycles. The van der Waals surface area contributed by atoms with Gasteiger partial charge in [-0.05, 0) is 36.1 Å². The van der Waals surface area contributed by atoms with Crippen molar-refractivity contribution in [2.45, 2.75) is 50.4 Å². The number of carboxylic acids is 1. The van der Waals surface area contributed by atoms with Gasteiger partial charge in [0.2, 0.25) is 23.6 Å². The molecule has 0 aliphatic heterocycles. The molecule has 0 saturated heterocycles. The lowest BCUT2D eigenvalue weighted by Gasteiger charge is -2.24. The number of rotatable bonds is 15. The number of hydrogen-bond donors (Lipinski definition) is 7. The first-order valence-corrected chi connectivity index (χ1v) is 14.9. The topological polar surface area (TPSA) is 196 Å². The minimum Gasteiger partial charge on any atom is -0.480 e. The average molecular weight is 627 g/mol. The van der Waals surface area contributed by atoms with Crippen LogP contribution in [0.3, 0.4) is 0 Å². The molecule has 0 radical (unpaired) electrons. The summed E-state index contributed by atoms with van der Waals surface area (Å²) in [6.45, 7) is 0.835. The number of carbonyl (C=O) groups excluding carboxylic acids is 4. The lowest BCUT2D eigenvalue weighted by atomic mass is 10.0. The molecule has 1 aromatic heterocycles. The fraction of sp³-hybridized carbons (Fsp3) is 0.265. The first kappa shape index (κ1) is 33.4. The van der Waals surface area contributed by atoms with Gasteiger partial charge >= 0.3 is 5.97 Å². The fourth-order valence-corrected chi connectivity index (χ4v) is 4.99. The molecule has 0 saturated carbocycles. The third kappa shape index (κ3) is 9.50. The van der Waals surface area contributed by atoms with Gasteiger partial charge in [-0.25, -0.2) is 0 Å². The summed E-state index contributed by atoms with van der Waals surface area (Å²) in [6, 6.07) is 21.4. The normalized spacial score (nSPS) is 13.5. The van der Waals surface area contributed by atoms with Crippen LogP contribution in [0.4, 0.5) is 0 Å². The van der Waals surface area contributed by atoms with Gasteiger partial charge in [-0.2, -0.15) is 0 Å². The zero-order valence-electron chi connectivity index (χ0n) is 25.4. The Morgan fingerprint density at radius 1 is 0.696 bits per heavy atom. The molecule has 4 unspecified atom stereocenters. The van der Waals surface area contributed by atoms with Crippen LogP contribution >= 0.6 is 0 Å². The van der Waals surface area contributed by atoms with Gasteiger partial charge in [0.05, 0.1) is 6.04 Å². The number of H-pyrrole nitrogens is 1. The molecule has 0 spiro atoms. The van der Waals surface area contributed by atoms with E-state index in [-0.39, 0.29) is 19.3 Å². The Bertz CT molecular complexity index is 1660. The molecule has 4 atom stereocenters. The molecular weight excluding hydrogens is 588 g/mol. The van der Waals surface area contributed by atoms with Crippen molar-refractivity contribution in [2.24, 2.45) is 5.73 Å². The SMILES string of the molecule is CC(NC(=O)C(Cc1ccccc1)NC(=O)C(N)Cc1c[nH]c2ccccc12)C(=O)NC(Cc1ccccc1)C(=O)NCC(=O)O. The zero-order valence-corrected chi connectivity index (χ0v) is 25.4. The molecule has 1 heterocycles. The smallest absolute Gasteiger partial charge is 0.322 e. The van der Waals surface area contributed by atoms with E-state index in [0.717, 1.165) is 27.6 Å². The number of aromatic nitrogens is 1. The van der Waals surface area contributed by atoms with E-state index in [9.17, 15) is 24.0 Å². The van der Waals surface area contributed by atoms with Crippen LogP contribution in [0.2, 0.25) is 0 Å². The lowest BCUT2D eigenvalue weighted by Crippen LogP contribution is -2.58. The summed E-state index contributed by atoms with van der Waals surface area (Å²) < 4.78 is 0. The molecule has 12 nitrogen and oxygen atoms in total. The third-order valence-corrected chi connectivity index (χ3v) is 7.45. The van der Waals surface area contributed by atoms with Gasteiger partial charge < -0.3 is 37.1 Å². The summed E-state index contributed by atoms with van der Waals surface area (Å²) in [5.74, 6) is -3.73. The van der Waals surface area contributed by atoms with Crippen molar-refractivity contribution in [3.63, 3.8) is 0 Å². The molecule has 4 amide bonds. The van der Waals surface area contributed by atoms with E-state index >= 15 is 0 Å². The van der Waals surface area contributed by atoms with E-state index in [0.29, 0.717) is 0 Å². The highest BCUT2D eigenvalue weighted by atomic mass is 16.4. The van der Waals surface area contributed by atoms with Crippen LogP contribution in [0, 0.1) is 0 Å². The largest absolute Gasteiger partial charge is 0.480 e. The minimum absolute atomic E-state index is 0.0969. The molecule has 0 fully saturated rings. The maximum absolute atomic E-state index is 13.5. The van der Waals surface area contributed by atoms with E-state index in [4.69, 9.17) is 10.8 Å². The van der Waals surface area contributed by atoms with Crippen LogP contribution in [0.25, 0.3) is 10.9 Å². The number of hydrogen-bond acceptors (Lipinski definition) is 6. The van der Waals surface area contributed by atoms with Crippen LogP contribution in [-0.4, -0.2) is 70.4 Å². The number of para-hydroxylation sites is 1. The first-order chi connectivity index (χ1) is 22.1. The second-order valence-corrected chi connectivity index (χ2v) is 11.0. The highest BCUT2D eigenvalue weighted by Crippen LogP contribution is 2.19. The Labute approximate surface area is 266 Å². The predicted molar refractivity (Wildman–Crippen MR) is 172 cm³/mol. The number of nitrogens with one attached hydrogen (secondary N) is 5. The molecule has 4 rings (SSSR count). The number of fused-ring (bicyclic) bond motifs is 1. The standard InChI is InChI=1S/C34H38N6O6/c1-21(31(43)39-28(33(45)37-20-30(41)42)16-22-10-4-2-5-11-22)38-34(46)29(17-23-12-6-3-7-13-23)40-32(44)26(35)18-24-19-36-27-15-9-8-14-25(24)27/h2-15,19,21,26,28-29,36H,16-18,20,35H2,1H3,(H,37,45)(H,38,46)(H,39,43)(H,40,44)(H,41,42). The lowest BCUT2D eigenvalue weighted by molar-refractivity contribution is -0.138. The van der Waals surface area contributed by atoms with Crippen molar-refractivity contribution in [1.82, 2.24) is 26.3 Å². The molecule has 12 heteroatoms. The monoisotopic (exact) mass is 626 g/mol. The highest BCUT2D eigenvalue weighted by molar-refractivity contribution is 5.95. The number of aliphatic carboxylic acids is 1. The van der Waals surface area contributed by atoms with Crippen molar-refractivity contribution in [1.29, 1.82) is 0 Å².